The van der Waals surface area contributed by atoms with Crippen LogP contribution in [0.5, 0.6) is 5.75 Å². The largest absolute Gasteiger partial charge is 0.495 e. The number of carbonyl (C=O) groups excluding carboxylic acids is 1. The molecule has 1 aromatic carbocycles. The van der Waals surface area contributed by atoms with Crippen molar-refractivity contribution >= 4 is 17.5 Å². The molecule has 2 amide bonds. The fourth-order valence-corrected chi connectivity index (χ4v) is 3.35. The molecule has 0 radical (unpaired) electrons. The van der Waals surface area contributed by atoms with Crippen LogP contribution in [0.1, 0.15) is 49.1 Å². The van der Waals surface area contributed by atoms with Gasteiger partial charge in [-0.2, -0.15) is 0 Å². The summed E-state index contributed by atoms with van der Waals surface area (Å²) < 4.78 is 5.28. The van der Waals surface area contributed by atoms with Gasteiger partial charge >= 0.3 is 6.03 Å². The number of aryl methyl sites for hydroxylation is 1. The molecule has 1 aliphatic carbocycles. The number of methoxy groups -OCH3 is 1. The monoisotopic (exact) mass is 339 g/mol. The highest BCUT2D eigenvalue weighted by atomic mass is 16.5. The number of benzene rings is 1. The number of aromatic nitrogens is 1. The van der Waals surface area contributed by atoms with Crippen LogP contribution in [0, 0.1) is 6.92 Å². The number of rotatable bonds is 4. The summed E-state index contributed by atoms with van der Waals surface area (Å²) in [6.07, 6.45) is 8.30. The first-order valence-corrected chi connectivity index (χ1v) is 8.84. The Hall–Kier alpha value is -2.56. The molecule has 1 heterocycles. The second-order valence-electron chi connectivity index (χ2n) is 6.59. The van der Waals surface area contributed by atoms with Gasteiger partial charge in [0.25, 0.3) is 0 Å². The number of nitrogens with one attached hydrogen (secondary N) is 2. The molecular formula is C20H25N3O2. The number of carbonyl (C=O) groups is 1. The van der Waals surface area contributed by atoms with Gasteiger partial charge in [0.1, 0.15) is 11.6 Å². The maximum Gasteiger partial charge on any atom is 0.324 e. The number of hydrogen-bond acceptors (Lipinski definition) is 3. The van der Waals surface area contributed by atoms with Crippen molar-refractivity contribution in [1.82, 2.24) is 4.98 Å². The summed E-state index contributed by atoms with van der Waals surface area (Å²) in [7, 11) is 1.58. The lowest BCUT2D eigenvalue weighted by Gasteiger charge is -2.21. The fraction of sp³-hybridized carbons (Fsp3) is 0.400. The lowest BCUT2D eigenvalue weighted by Crippen LogP contribution is -2.20. The number of urea groups is 1. The highest BCUT2D eigenvalue weighted by Gasteiger charge is 2.16. The van der Waals surface area contributed by atoms with Gasteiger partial charge in [-0.25, -0.2) is 9.78 Å². The number of hydrogen-bond donors (Lipinski definition) is 2. The van der Waals surface area contributed by atoms with Crippen molar-refractivity contribution in [3.05, 3.63) is 47.7 Å². The van der Waals surface area contributed by atoms with E-state index in [4.69, 9.17) is 4.74 Å². The summed E-state index contributed by atoms with van der Waals surface area (Å²) in [4.78, 5) is 16.6. The normalized spacial score (nSPS) is 14.8. The van der Waals surface area contributed by atoms with Gasteiger partial charge in [-0.05, 0) is 55.0 Å². The summed E-state index contributed by atoms with van der Waals surface area (Å²) in [5.41, 5.74) is 2.95. The van der Waals surface area contributed by atoms with E-state index in [0.29, 0.717) is 23.2 Å². The number of amides is 2. The molecule has 5 heteroatoms. The quantitative estimate of drug-likeness (QED) is 0.815. The van der Waals surface area contributed by atoms with Crippen molar-refractivity contribution in [2.75, 3.05) is 17.7 Å². The zero-order valence-electron chi connectivity index (χ0n) is 14.8. The van der Waals surface area contributed by atoms with Crippen molar-refractivity contribution < 1.29 is 9.53 Å². The Bertz CT molecular complexity index is 722. The Kier molecular flexibility index (Phi) is 5.53. The second-order valence-corrected chi connectivity index (χ2v) is 6.59. The third-order valence-corrected chi connectivity index (χ3v) is 4.71. The van der Waals surface area contributed by atoms with Gasteiger partial charge < -0.3 is 10.1 Å². The first-order valence-electron chi connectivity index (χ1n) is 8.84. The van der Waals surface area contributed by atoms with E-state index >= 15 is 0 Å². The molecular weight excluding hydrogens is 314 g/mol. The predicted octanol–water partition coefficient (Wildman–Crippen LogP) is 5.09. The van der Waals surface area contributed by atoms with Gasteiger partial charge in [0.15, 0.2) is 0 Å². The first kappa shape index (κ1) is 17.3. The van der Waals surface area contributed by atoms with E-state index < -0.39 is 0 Å². The molecule has 132 valence electrons. The molecule has 2 N–H and O–H groups in total. The maximum absolute atomic E-state index is 12.2. The second kappa shape index (κ2) is 8.01. The van der Waals surface area contributed by atoms with Gasteiger partial charge in [-0.3, -0.25) is 5.32 Å². The van der Waals surface area contributed by atoms with Crippen LogP contribution in [-0.4, -0.2) is 18.1 Å². The van der Waals surface area contributed by atoms with Crippen molar-refractivity contribution in [3.63, 3.8) is 0 Å². The minimum Gasteiger partial charge on any atom is -0.495 e. The molecule has 3 rings (SSSR count). The van der Waals surface area contributed by atoms with Gasteiger partial charge in [0.05, 0.1) is 12.8 Å². The van der Waals surface area contributed by atoms with E-state index in [1.54, 1.807) is 7.11 Å². The molecule has 0 bridgehead atoms. The minimum absolute atomic E-state index is 0.332. The number of ether oxygens (including phenoxy) is 1. The van der Waals surface area contributed by atoms with Crippen LogP contribution in [0.4, 0.5) is 16.3 Å². The highest BCUT2D eigenvalue weighted by molar-refractivity contribution is 6.00. The summed E-state index contributed by atoms with van der Waals surface area (Å²) in [6, 6.07) is 9.26. The summed E-state index contributed by atoms with van der Waals surface area (Å²) >= 11 is 0. The number of pyridine rings is 1. The molecule has 0 unspecified atom stereocenters. The Morgan fingerprint density at radius 1 is 1.12 bits per heavy atom. The number of nitrogens with zero attached hydrogens (tertiary/aromatic N) is 1. The summed E-state index contributed by atoms with van der Waals surface area (Å²) in [6.45, 7) is 1.97. The van der Waals surface area contributed by atoms with Crippen LogP contribution < -0.4 is 15.4 Å². The average Bonchev–Trinajstić information content (AvgIpc) is 2.63. The zero-order valence-corrected chi connectivity index (χ0v) is 14.8. The van der Waals surface area contributed by atoms with Gasteiger partial charge in [0.2, 0.25) is 0 Å². The van der Waals surface area contributed by atoms with E-state index in [9.17, 15) is 4.79 Å². The van der Waals surface area contributed by atoms with Gasteiger partial charge in [-0.15, -0.1) is 0 Å². The zero-order chi connectivity index (χ0) is 17.6. The smallest absolute Gasteiger partial charge is 0.324 e. The molecule has 0 atom stereocenters. The SMILES string of the molecule is COc1ccc(C)cc1NC(=O)Nc1ccc(C2CCCCC2)cn1. The lowest BCUT2D eigenvalue weighted by molar-refractivity contribution is 0.262. The van der Waals surface area contributed by atoms with Crippen LogP contribution in [0.25, 0.3) is 0 Å². The Labute approximate surface area is 148 Å². The van der Waals surface area contributed by atoms with Gasteiger partial charge in [0, 0.05) is 6.20 Å². The molecule has 2 aromatic rings. The Morgan fingerprint density at radius 2 is 1.92 bits per heavy atom. The van der Waals surface area contributed by atoms with Crippen LogP contribution in [0.3, 0.4) is 0 Å². The van der Waals surface area contributed by atoms with E-state index in [0.717, 1.165) is 5.56 Å². The lowest BCUT2D eigenvalue weighted by atomic mass is 9.85. The molecule has 1 aliphatic rings. The van der Waals surface area contributed by atoms with Crippen molar-refractivity contribution in [2.24, 2.45) is 0 Å². The molecule has 5 nitrogen and oxygen atoms in total. The third kappa shape index (κ3) is 4.50. The molecule has 25 heavy (non-hydrogen) atoms. The van der Waals surface area contributed by atoms with E-state index in [-0.39, 0.29) is 6.03 Å². The van der Waals surface area contributed by atoms with Crippen LogP contribution in [0.2, 0.25) is 0 Å². The molecule has 1 aromatic heterocycles. The van der Waals surface area contributed by atoms with Gasteiger partial charge in [-0.1, -0.05) is 31.4 Å². The van der Waals surface area contributed by atoms with Crippen LogP contribution in [0.15, 0.2) is 36.5 Å². The van der Waals surface area contributed by atoms with Crippen molar-refractivity contribution in [1.29, 1.82) is 0 Å². The molecule has 0 aliphatic heterocycles. The Morgan fingerprint density at radius 3 is 2.60 bits per heavy atom. The predicted molar refractivity (Wildman–Crippen MR) is 100 cm³/mol. The van der Waals surface area contributed by atoms with E-state index in [1.807, 2.05) is 37.4 Å². The van der Waals surface area contributed by atoms with E-state index in [1.165, 1.54) is 37.7 Å². The molecule has 1 fully saturated rings. The maximum atomic E-state index is 12.2. The Balaban J connectivity index is 1.62. The standard InChI is InChI=1S/C20H25N3O2/c1-14-8-10-18(25-2)17(12-14)22-20(24)23-19-11-9-16(13-21-19)15-6-4-3-5-7-15/h8-13,15H,3-7H2,1-2H3,(H2,21,22,23,24). The molecule has 0 saturated heterocycles. The van der Waals surface area contributed by atoms with Crippen molar-refractivity contribution in [2.45, 2.75) is 44.9 Å². The molecule has 0 spiro atoms. The third-order valence-electron chi connectivity index (χ3n) is 4.71. The summed E-state index contributed by atoms with van der Waals surface area (Å²) in [5.74, 6) is 1.78. The van der Waals surface area contributed by atoms with Crippen LogP contribution in [-0.2, 0) is 0 Å². The minimum atomic E-state index is -0.332. The van der Waals surface area contributed by atoms with E-state index in [2.05, 4.69) is 21.7 Å². The fourth-order valence-electron chi connectivity index (χ4n) is 3.35. The topological polar surface area (TPSA) is 63.2 Å². The highest BCUT2D eigenvalue weighted by Crippen LogP contribution is 2.32. The van der Waals surface area contributed by atoms with Crippen LogP contribution >= 0.6 is 0 Å². The van der Waals surface area contributed by atoms with Crippen molar-refractivity contribution in [3.8, 4) is 5.75 Å². The molecule has 1 saturated carbocycles. The number of anilines is 2. The average molecular weight is 339 g/mol. The summed E-state index contributed by atoms with van der Waals surface area (Å²) in [5, 5.41) is 5.59. The first-order chi connectivity index (χ1) is 12.2.